The third-order valence-corrected chi connectivity index (χ3v) is 4.61. The first-order valence-electron chi connectivity index (χ1n) is 7.65. The SMILES string of the molecule is OCCC1(CNCc2cc(Cl)cc3cccnc23)CCOC1. The van der Waals surface area contributed by atoms with Gasteiger partial charge in [0.05, 0.1) is 12.1 Å². The molecule has 118 valence electrons. The molecular formula is C17H21ClN2O2. The van der Waals surface area contributed by atoms with E-state index in [0.717, 1.165) is 54.1 Å². The molecule has 5 heteroatoms. The summed E-state index contributed by atoms with van der Waals surface area (Å²) in [6, 6.07) is 7.84. The monoisotopic (exact) mass is 320 g/mol. The first kappa shape index (κ1) is 15.7. The van der Waals surface area contributed by atoms with Gasteiger partial charge >= 0.3 is 0 Å². The number of nitrogens with zero attached hydrogens (tertiary/aromatic N) is 1. The highest BCUT2D eigenvalue weighted by Crippen LogP contribution is 2.31. The van der Waals surface area contributed by atoms with Gasteiger partial charge in [0.1, 0.15) is 0 Å². The van der Waals surface area contributed by atoms with E-state index in [-0.39, 0.29) is 12.0 Å². The summed E-state index contributed by atoms with van der Waals surface area (Å²) < 4.78 is 5.52. The van der Waals surface area contributed by atoms with E-state index in [9.17, 15) is 5.11 Å². The van der Waals surface area contributed by atoms with Gasteiger partial charge in [-0.3, -0.25) is 4.98 Å². The summed E-state index contributed by atoms with van der Waals surface area (Å²) in [6.07, 6.45) is 3.57. The summed E-state index contributed by atoms with van der Waals surface area (Å²) in [5.74, 6) is 0. The highest BCUT2D eigenvalue weighted by molar-refractivity contribution is 6.31. The van der Waals surface area contributed by atoms with E-state index in [1.54, 1.807) is 6.20 Å². The van der Waals surface area contributed by atoms with Gasteiger partial charge in [-0.2, -0.15) is 0 Å². The Morgan fingerprint density at radius 2 is 2.32 bits per heavy atom. The van der Waals surface area contributed by atoms with Gasteiger partial charge in [0.25, 0.3) is 0 Å². The van der Waals surface area contributed by atoms with Crippen LogP contribution in [0.4, 0.5) is 0 Å². The molecule has 0 bridgehead atoms. The van der Waals surface area contributed by atoms with Crippen LogP contribution in [0.3, 0.4) is 0 Å². The molecule has 0 radical (unpaired) electrons. The smallest absolute Gasteiger partial charge is 0.0747 e. The minimum absolute atomic E-state index is 0.0521. The Balaban J connectivity index is 1.71. The van der Waals surface area contributed by atoms with E-state index in [0.29, 0.717) is 6.54 Å². The maximum absolute atomic E-state index is 9.28. The number of ether oxygens (including phenoxy) is 1. The van der Waals surface area contributed by atoms with Crippen molar-refractivity contribution >= 4 is 22.5 Å². The van der Waals surface area contributed by atoms with Crippen molar-refractivity contribution in [2.75, 3.05) is 26.4 Å². The van der Waals surface area contributed by atoms with Crippen molar-refractivity contribution in [1.29, 1.82) is 0 Å². The molecule has 1 aromatic heterocycles. The predicted molar refractivity (Wildman–Crippen MR) is 88.0 cm³/mol. The van der Waals surface area contributed by atoms with Crippen LogP contribution in [0.5, 0.6) is 0 Å². The molecule has 1 aliphatic rings. The summed E-state index contributed by atoms with van der Waals surface area (Å²) in [4.78, 5) is 4.46. The number of benzene rings is 1. The lowest BCUT2D eigenvalue weighted by molar-refractivity contribution is 0.124. The molecule has 1 saturated heterocycles. The topological polar surface area (TPSA) is 54.4 Å². The zero-order valence-corrected chi connectivity index (χ0v) is 13.3. The Kier molecular flexibility index (Phi) is 4.93. The van der Waals surface area contributed by atoms with Gasteiger partial charge in [0.15, 0.2) is 0 Å². The molecule has 2 heterocycles. The summed E-state index contributed by atoms with van der Waals surface area (Å²) in [7, 11) is 0. The van der Waals surface area contributed by atoms with E-state index >= 15 is 0 Å². The molecule has 0 spiro atoms. The van der Waals surface area contributed by atoms with Crippen LogP contribution in [0.25, 0.3) is 10.9 Å². The van der Waals surface area contributed by atoms with Crippen molar-refractivity contribution in [1.82, 2.24) is 10.3 Å². The first-order valence-corrected chi connectivity index (χ1v) is 8.03. The average molecular weight is 321 g/mol. The van der Waals surface area contributed by atoms with Crippen LogP contribution >= 0.6 is 11.6 Å². The van der Waals surface area contributed by atoms with Crippen LogP contribution < -0.4 is 5.32 Å². The highest BCUT2D eigenvalue weighted by atomic mass is 35.5. The number of hydrogen-bond donors (Lipinski definition) is 2. The van der Waals surface area contributed by atoms with Crippen molar-refractivity contribution in [3.63, 3.8) is 0 Å². The molecule has 0 amide bonds. The Hall–Kier alpha value is -1.20. The second kappa shape index (κ2) is 6.92. The molecule has 22 heavy (non-hydrogen) atoms. The van der Waals surface area contributed by atoms with E-state index < -0.39 is 0 Å². The fourth-order valence-corrected chi connectivity index (χ4v) is 3.39. The molecule has 4 nitrogen and oxygen atoms in total. The standard InChI is InChI=1S/C17H21ClN2O2/c18-15-8-13-2-1-5-20-16(13)14(9-15)10-19-11-17(3-6-21)4-7-22-12-17/h1-2,5,8-9,19,21H,3-4,6-7,10-12H2. The highest BCUT2D eigenvalue weighted by Gasteiger charge is 2.33. The third-order valence-electron chi connectivity index (χ3n) is 4.39. The van der Waals surface area contributed by atoms with Crippen LogP contribution in [0.1, 0.15) is 18.4 Å². The van der Waals surface area contributed by atoms with Crippen LogP contribution in [-0.2, 0) is 11.3 Å². The number of hydrogen-bond acceptors (Lipinski definition) is 4. The second-order valence-electron chi connectivity index (χ2n) is 6.02. The zero-order valence-electron chi connectivity index (χ0n) is 12.5. The van der Waals surface area contributed by atoms with E-state index in [2.05, 4.69) is 10.3 Å². The van der Waals surface area contributed by atoms with Crippen LogP contribution in [0, 0.1) is 5.41 Å². The Morgan fingerprint density at radius 3 is 3.09 bits per heavy atom. The minimum Gasteiger partial charge on any atom is -0.396 e. The van der Waals surface area contributed by atoms with Gasteiger partial charge in [0, 0.05) is 48.3 Å². The average Bonchev–Trinajstić information content (AvgIpc) is 2.96. The molecule has 2 aromatic rings. The van der Waals surface area contributed by atoms with Gasteiger partial charge < -0.3 is 15.2 Å². The number of halogens is 1. The molecule has 3 rings (SSSR count). The summed E-state index contributed by atoms with van der Waals surface area (Å²) in [6.45, 7) is 3.24. The normalized spacial score (nSPS) is 21.5. The fourth-order valence-electron chi connectivity index (χ4n) is 3.14. The van der Waals surface area contributed by atoms with E-state index in [1.807, 2.05) is 24.3 Å². The number of rotatable bonds is 6. The third kappa shape index (κ3) is 3.41. The van der Waals surface area contributed by atoms with E-state index in [1.165, 1.54) is 0 Å². The molecular weight excluding hydrogens is 300 g/mol. The molecule has 0 saturated carbocycles. The molecule has 1 atom stereocenters. The molecule has 1 aliphatic heterocycles. The van der Waals surface area contributed by atoms with Crippen molar-refractivity contribution < 1.29 is 9.84 Å². The van der Waals surface area contributed by atoms with Crippen molar-refractivity contribution in [3.05, 3.63) is 41.0 Å². The van der Waals surface area contributed by atoms with Crippen LogP contribution in [-0.4, -0.2) is 36.5 Å². The number of aliphatic hydroxyl groups is 1. The van der Waals surface area contributed by atoms with Gasteiger partial charge in [-0.25, -0.2) is 0 Å². The molecule has 1 aromatic carbocycles. The Labute approximate surface area is 135 Å². The summed E-state index contributed by atoms with van der Waals surface area (Å²) >= 11 is 6.20. The number of fused-ring (bicyclic) bond motifs is 1. The maximum atomic E-state index is 9.28. The van der Waals surface area contributed by atoms with E-state index in [4.69, 9.17) is 16.3 Å². The Morgan fingerprint density at radius 1 is 1.41 bits per heavy atom. The maximum Gasteiger partial charge on any atom is 0.0747 e. The molecule has 0 aliphatic carbocycles. The number of aliphatic hydroxyl groups excluding tert-OH is 1. The number of nitrogens with one attached hydrogen (secondary N) is 1. The van der Waals surface area contributed by atoms with Crippen LogP contribution in [0.2, 0.25) is 5.02 Å². The minimum atomic E-state index is 0.0521. The largest absolute Gasteiger partial charge is 0.396 e. The second-order valence-corrected chi connectivity index (χ2v) is 6.46. The Bertz CT molecular complexity index is 642. The summed E-state index contributed by atoms with van der Waals surface area (Å²) in [5, 5.41) is 14.6. The molecule has 2 N–H and O–H groups in total. The lowest BCUT2D eigenvalue weighted by Gasteiger charge is -2.27. The van der Waals surface area contributed by atoms with Gasteiger partial charge in [-0.15, -0.1) is 0 Å². The summed E-state index contributed by atoms with van der Waals surface area (Å²) in [5.41, 5.74) is 2.13. The van der Waals surface area contributed by atoms with Gasteiger partial charge in [0.2, 0.25) is 0 Å². The molecule has 1 unspecified atom stereocenters. The van der Waals surface area contributed by atoms with Crippen molar-refractivity contribution in [2.45, 2.75) is 19.4 Å². The zero-order chi connectivity index (χ0) is 15.4. The predicted octanol–water partition coefficient (Wildman–Crippen LogP) is 2.77. The van der Waals surface area contributed by atoms with Gasteiger partial charge in [-0.1, -0.05) is 17.7 Å². The first-order chi connectivity index (χ1) is 10.7. The van der Waals surface area contributed by atoms with Crippen molar-refractivity contribution in [3.8, 4) is 0 Å². The van der Waals surface area contributed by atoms with Crippen LogP contribution in [0.15, 0.2) is 30.5 Å². The lowest BCUT2D eigenvalue weighted by atomic mass is 9.84. The quantitative estimate of drug-likeness (QED) is 0.859. The van der Waals surface area contributed by atoms with Gasteiger partial charge in [-0.05, 0) is 36.6 Å². The molecule has 1 fully saturated rings. The number of pyridine rings is 1. The fraction of sp³-hybridized carbons (Fsp3) is 0.471. The lowest BCUT2D eigenvalue weighted by Crippen LogP contribution is -2.35. The van der Waals surface area contributed by atoms with Crippen molar-refractivity contribution in [2.24, 2.45) is 5.41 Å². The number of aromatic nitrogens is 1.